The number of carbonyl (C=O) groups excluding carboxylic acids is 3. The standard InChI is InChI=1S/C31H39N7O4.C6H11NO/c1-7-37(30(40)42-31(3,4)5)18-21-15-33-16-23(19(21)2)20-11-12-25-22(14-20)27(28-34-17-24(35-28)29(39)32-6)36-38(25)26-10-8-9-13-41-26;8-6-4-2-1-3-5-7-6/h11-12,14-17,26H,7-10,13,18H2,1-6H3,(H,32,39)(H,34,35);1-5H2,(H,7,8). The molecule has 4 aromatic rings. The number of H-pyrrole nitrogens is 1. The Morgan fingerprint density at radius 1 is 1.12 bits per heavy atom. The van der Waals surface area contributed by atoms with Crippen LogP contribution in [0.3, 0.4) is 0 Å². The number of benzene rings is 1. The first-order chi connectivity index (χ1) is 24.0. The fourth-order valence-electron chi connectivity index (χ4n) is 6.07. The zero-order valence-electron chi connectivity index (χ0n) is 30.1. The molecule has 1 unspecified atom stereocenters. The third kappa shape index (κ3) is 8.87. The van der Waals surface area contributed by atoms with Gasteiger partial charge < -0.3 is 30.0 Å². The number of carbonyl (C=O) groups is 3. The second kappa shape index (κ2) is 16.3. The molecular weight excluding hydrogens is 636 g/mol. The van der Waals surface area contributed by atoms with E-state index in [2.05, 4.69) is 37.7 Å². The van der Waals surface area contributed by atoms with Crippen molar-refractivity contribution in [3.8, 4) is 22.6 Å². The molecule has 13 nitrogen and oxygen atoms in total. The molecule has 13 heteroatoms. The maximum atomic E-state index is 12.8. The summed E-state index contributed by atoms with van der Waals surface area (Å²) in [6, 6.07) is 6.19. The summed E-state index contributed by atoms with van der Waals surface area (Å²) in [5.74, 6) is 0.479. The lowest BCUT2D eigenvalue weighted by Gasteiger charge is -2.27. The van der Waals surface area contributed by atoms with Crippen LogP contribution < -0.4 is 10.6 Å². The van der Waals surface area contributed by atoms with Crippen molar-refractivity contribution in [2.75, 3.05) is 26.7 Å². The summed E-state index contributed by atoms with van der Waals surface area (Å²) in [5, 5.41) is 11.3. The summed E-state index contributed by atoms with van der Waals surface area (Å²) >= 11 is 0. The Balaban J connectivity index is 0.000000535. The van der Waals surface area contributed by atoms with Gasteiger partial charge in [-0.1, -0.05) is 12.5 Å². The Bertz CT molecular complexity index is 1790. The average molecular weight is 687 g/mol. The maximum absolute atomic E-state index is 12.8. The number of hydrogen-bond acceptors (Lipinski definition) is 8. The van der Waals surface area contributed by atoms with Crippen LogP contribution in [-0.4, -0.2) is 79.9 Å². The topological polar surface area (TPSA) is 156 Å². The first-order valence-corrected chi connectivity index (χ1v) is 17.6. The molecule has 0 bridgehead atoms. The second-order valence-corrected chi connectivity index (χ2v) is 13.7. The fourth-order valence-corrected chi connectivity index (χ4v) is 6.07. The molecule has 50 heavy (non-hydrogen) atoms. The molecule has 0 aliphatic carbocycles. The monoisotopic (exact) mass is 686 g/mol. The number of rotatable bonds is 7. The molecule has 3 amide bonds. The van der Waals surface area contributed by atoms with Crippen LogP contribution in [0.15, 0.2) is 36.8 Å². The van der Waals surface area contributed by atoms with Crippen LogP contribution in [0.4, 0.5) is 4.79 Å². The molecule has 2 fully saturated rings. The highest BCUT2D eigenvalue weighted by Crippen LogP contribution is 2.35. The van der Waals surface area contributed by atoms with E-state index in [-0.39, 0.29) is 24.1 Å². The molecule has 3 N–H and O–H groups in total. The molecule has 0 saturated carbocycles. The minimum Gasteiger partial charge on any atom is -0.444 e. The van der Waals surface area contributed by atoms with E-state index in [1.54, 1.807) is 18.1 Å². The van der Waals surface area contributed by atoms with Gasteiger partial charge in [0.1, 0.15) is 17.0 Å². The van der Waals surface area contributed by atoms with Crippen LogP contribution in [0.2, 0.25) is 0 Å². The molecular formula is C37H50N8O5. The lowest BCUT2D eigenvalue weighted by Crippen LogP contribution is -2.36. The summed E-state index contributed by atoms with van der Waals surface area (Å²) in [6.45, 7) is 12.0. The number of amides is 3. The molecule has 1 atom stereocenters. The van der Waals surface area contributed by atoms with E-state index in [0.717, 1.165) is 78.2 Å². The van der Waals surface area contributed by atoms with Crippen LogP contribution in [0.1, 0.15) is 100 Å². The van der Waals surface area contributed by atoms with Gasteiger partial charge in [0.2, 0.25) is 5.91 Å². The number of aromatic nitrogens is 5. The van der Waals surface area contributed by atoms with Crippen molar-refractivity contribution >= 4 is 28.8 Å². The van der Waals surface area contributed by atoms with Crippen LogP contribution in [0, 0.1) is 6.92 Å². The Hall–Kier alpha value is -4.78. The Morgan fingerprint density at radius 2 is 1.94 bits per heavy atom. The van der Waals surface area contributed by atoms with Gasteiger partial charge in [-0.15, -0.1) is 0 Å². The Labute approximate surface area is 293 Å². The van der Waals surface area contributed by atoms with Crippen LogP contribution in [0.5, 0.6) is 0 Å². The van der Waals surface area contributed by atoms with Crippen molar-refractivity contribution < 1.29 is 23.9 Å². The van der Waals surface area contributed by atoms with Gasteiger partial charge in [0.05, 0.1) is 18.3 Å². The molecule has 2 aliphatic heterocycles. The summed E-state index contributed by atoms with van der Waals surface area (Å²) in [6.07, 6.45) is 11.8. The third-order valence-electron chi connectivity index (χ3n) is 8.83. The van der Waals surface area contributed by atoms with Crippen molar-refractivity contribution in [3.63, 3.8) is 0 Å². The van der Waals surface area contributed by atoms with E-state index in [0.29, 0.717) is 36.9 Å². The molecule has 0 radical (unpaired) electrons. The van der Waals surface area contributed by atoms with E-state index >= 15 is 0 Å². The number of pyridine rings is 1. The van der Waals surface area contributed by atoms with Gasteiger partial charge in [0.15, 0.2) is 12.1 Å². The maximum Gasteiger partial charge on any atom is 0.410 e. The smallest absolute Gasteiger partial charge is 0.410 e. The summed E-state index contributed by atoms with van der Waals surface area (Å²) in [5.41, 5.74) is 5.21. The van der Waals surface area contributed by atoms with Gasteiger partial charge in [-0.3, -0.25) is 14.6 Å². The number of fused-ring (bicyclic) bond motifs is 1. The van der Waals surface area contributed by atoms with Crippen LogP contribution >= 0.6 is 0 Å². The van der Waals surface area contributed by atoms with E-state index in [4.69, 9.17) is 14.6 Å². The van der Waals surface area contributed by atoms with Crippen LogP contribution in [0.25, 0.3) is 33.5 Å². The SMILES string of the molecule is CCN(Cc1cncc(-c2ccc3c(c2)c(-c2ncc(C(=O)NC)[nH]2)nn3C2CCCCO2)c1C)C(=O)OC(C)(C)C.O=C1CCCCCN1. The van der Waals surface area contributed by atoms with Gasteiger partial charge in [-0.2, -0.15) is 5.10 Å². The number of aromatic amines is 1. The number of hydrogen-bond donors (Lipinski definition) is 3. The molecule has 3 aromatic heterocycles. The molecule has 2 saturated heterocycles. The van der Waals surface area contributed by atoms with E-state index in [9.17, 15) is 14.4 Å². The average Bonchev–Trinajstić information content (AvgIpc) is 3.66. The van der Waals surface area contributed by atoms with Crippen LogP contribution in [-0.2, 0) is 20.8 Å². The zero-order valence-corrected chi connectivity index (χ0v) is 30.1. The first kappa shape index (κ1) is 36.5. The summed E-state index contributed by atoms with van der Waals surface area (Å²) < 4.78 is 13.6. The molecule has 268 valence electrons. The van der Waals surface area contributed by atoms with Crippen molar-refractivity contribution in [3.05, 3.63) is 53.6 Å². The van der Waals surface area contributed by atoms with Crippen molar-refractivity contribution in [2.45, 2.75) is 97.9 Å². The Morgan fingerprint density at radius 3 is 2.66 bits per heavy atom. The number of nitrogens with zero attached hydrogens (tertiary/aromatic N) is 5. The summed E-state index contributed by atoms with van der Waals surface area (Å²) in [4.78, 5) is 49.4. The lowest BCUT2D eigenvalue weighted by molar-refractivity contribution is -0.120. The molecule has 2 aliphatic rings. The number of nitrogens with one attached hydrogen (secondary N) is 3. The first-order valence-electron chi connectivity index (χ1n) is 17.6. The lowest BCUT2D eigenvalue weighted by atomic mass is 9.97. The molecule has 1 aromatic carbocycles. The summed E-state index contributed by atoms with van der Waals surface area (Å²) in [7, 11) is 1.58. The molecule has 0 spiro atoms. The highest BCUT2D eigenvalue weighted by molar-refractivity contribution is 5.97. The van der Waals surface area contributed by atoms with Crippen molar-refractivity contribution in [2.24, 2.45) is 0 Å². The predicted octanol–water partition coefficient (Wildman–Crippen LogP) is 6.29. The van der Waals surface area contributed by atoms with Gasteiger partial charge in [-0.25, -0.2) is 14.5 Å². The number of ether oxygens (including phenoxy) is 2. The highest BCUT2D eigenvalue weighted by atomic mass is 16.6. The second-order valence-electron chi connectivity index (χ2n) is 13.7. The third-order valence-corrected chi connectivity index (χ3v) is 8.83. The van der Waals surface area contributed by atoms with E-state index < -0.39 is 5.60 Å². The minimum absolute atomic E-state index is 0.172. The van der Waals surface area contributed by atoms with Gasteiger partial charge >= 0.3 is 6.09 Å². The van der Waals surface area contributed by atoms with Crippen molar-refractivity contribution in [1.29, 1.82) is 0 Å². The predicted molar refractivity (Wildman–Crippen MR) is 191 cm³/mol. The zero-order chi connectivity index (χ0) is 35.8. The largest absolute Gasteiger partial charge is 0.444 e. The van der Waals surface area contributed by atoms with Gasteiger partial charge in [-0.05, 0) is 95.5 Å². The van der Waals surface area contributed by atoms with E-state index in [1.807, 2.05) is 51.6 Å². The quantitative estimate of drug-likeness (QED) is 0.205. The number of imidazole rings is 1. The minimum atomic E-state index is -0.574. The van der Waals surface area contributed by atoms with Gasteiger partial charge in [0, 0.05) is 56.5 Å². The fraction of sp³-hybridized carbons (Fsp3) is 0.514. The van der Waals surface area contributed by atoms with E-state index in [1.165, 1.54) is 12.6 Å². The van der Waals surface area contributed by atoms with Gasteiger partial charge in [0.25, 0.3) is 5.91 Å². The highest BCUT2D eigenvalue weighted by Gasteiger charge is 2.25. The molecule has 5 heterocycles. The van der Waals surface area contributed by atoms with Crippen molar-refractivity contribution in [1.82, 2.24) is 40.3 Å². The normalized spacial score (nSPS) is 16.5. The molecule has 6 rings (SSSR count). The Kier molecular flexibility index (Phi) is 11.9.